The molecule has 1 nitrogen and oxygen atoms in total. The summed E-state index contributed by atoms with van der Waals surface area (Å²) >= 11 is 8.34. The maximum absolute atomic E-state index is 5.26. The van der Waals surface area contributed by atoms with Gasteiger partial charge in [-0.25, -0.2) is 0 Å². The van der Waals surface area contributed by atoms with Crippen molar-refractivity contribution < 1.29 is 4.74 Å². The molecule has 0 spiro atoms. The molecule has 0 saturated carbocycles. The van der Waals surface area contributed by atoms with Gasteiger partial charge < -0.3 is 4.74 Å². The SMILES string of the molecule is [B]CCOC(S)CCCCS. The highest BCUT2D eigenvalue weighted by Gasteiger charge is 2.00. The summed E-state index contributed by atoms with van der Waals surface area (Å²) in [5.74, 6) is 0.942. The van der Waals surface area contributed by atoms with Gasteiger partial charge in [0.25, 0.3) is 0 Å². The molecule has 0 bridgehead atoms. The third-order valence-electron chi connectivity index (χ3n) is 1.29. The second kappa shape index (κ2) is 8.82. The molecule has 0 aliphatic carbocycles. The molecular weight excluding hydrogens is 175 g/mol. The van der Waals surface area contributed by atoms with E-state index in [9.17, 15) is 0 Å². The monoisotopic (exact) mass is 190 g/mol. The molecule has 1 unspecified atom stereocenters. The Morgan fingerprint density at radius 1 is 1.36 bits per heavy atom. The van der Waals surface area contributed by atoms with Gasteiger partial charge >= 0.3 is 0 Å². The fraction of sp³-hybridized carbons (Fsp3) is 1.00. The number of hydrogen-bond acceptors (Lipinski definition) is 3. The van der Waals surface area contributed by atoms with Crippen molar-refractivity contribution in [1.82, 2.24) is 0 Å². The molecule has 0 rings (SSSR count). The third kappa shape index (κ3) is 8.63. The minimum atomic E-state index is 0.0541. The first-order valence-corrected chi connectivity index (χ1v) is 5.06. The van der Waals surface area contributed by atoms with Crippen molar-refractivity contribution in [3.63, 3.8) is 0 Å². The van der Waals surface area contributed by atoms with Gasteiger partial charge in [-0.15, -0.1) is 12.6 Å². The Kier molecular flexibility index (Phi) is 9.40. The van der Waals surface area contributed by atoms with Gasteiger partial charge in [-0.05, 0) is 25.0 Å². The Morgan fingerprint density at radius 2 is 2.09 bits per heavy atom. The molecule has 0 aliphatic rings. The Hall–Kier alpha value is 0.725. The van der Waals surface area contributed by atoms with E-state index in [2.05, 4.69) is 25.3 Å². The first kappa shape index (κ1) is 11.7. The third-order valence-corrected chi connectivity index (χ3v) is 2.01. The van der Waals surface area contributed by atoms with Crippen LogP contribution < -0.4 is 0 Å². The number of rotatable bonds is 7. The summed E-state index contributed by atoms with van der Waals surface area (Å²) < 4.78 is 5.25. The first-order chi connectivity index (χ1) is 5.31. The standard InChI is InChI=1S/C7H15BOS2/c8-4-5-9-7(11)3-1-2-6-10/h7,10-11H,1-6H2. The molecule has 0 aliphatic heterocycles. The van der Waals surface area contributed by atoms with E-state index in [0.29, 0.717) is 12.9 Å². The summed E-state index contributed by atoms with van der Waals surface area (Å²) in [7, 11) is 5.26. The second-order valence-corrected chi connectivity index (χ2v) is 3.36. The van der Waals surface area contributed by atoms with Crippen LogP contribution in [-0.4, -0.2) is 25.6 Å². The van der Waals surface area contributed by atoms with E-state index < -0.39 is 0 Å². The van der Waals surface area contributed by atoms with Crippen LogP contribution in [0.25, 0.3) is 0 Å². The van der Waals surface area contributed by atoms with Crippen molar-refractivity contribution in [3.05, 3.63) is 0 Å². The van der Waals surface area contributed by atoms with Crippen LogP contribution >= 0.6 is 25.3 Å². The summed E-state index contributed by atoms with van der Waals surface area (Å²) in [5.41, 5.74) is 0.0541. The summed E-state index contributed by atoms with van der Waals surface area (Å²) in [6.07, 6.45) is 3.82. The van der Waals surface area contributed by atoms with Crippen LogP contribution in [0.15, 0.2) is 0 Å². The van der Waals surface area contributed by atoms with Gasteiger partial charge in [-0.2, -0.15) is 12.6 Å². The average Bonchev–Trinajstić information content (AvgIpc) is 2.01. The average molecular weight is 190 g/mol. The lowest BCUT2D eigenvalue weighted by Crippen LogP contribution is -2.06. The lowest BCUT2D eigenvalue weighted by Gasteiger charge is -2.10. The predicted molar refractivity (Wildman–Crippen MR) is 57.0 cm³/mol. The zero-order valence-corrected chi connectivity index (χ0v) is 8.49. The Balaban J connectivity index is 3.02. The minimum Gasteiger partial charge on any atom is -0.369 e. The molecule has 0 amide bonds. The van der Waals surface area contributed by atoms with E-state index in [1.165, 1.54) is 0 Å². The van der Waals surface area contributed by atoms with Crippen molar-refractivity contribution in [3.8, 4) is 0 Å². The topological polar surface area (TPSA) is 9.23 Å². The van der Waals surface area contributed by atoms with Crippen LogP contribution in [0.1, 0.15) is 19.3 Å². The van der Waals surface area contributed by atoms with Gasteiger partial charge in [0.1, 0.15) is 0 Å². The summed E-state index contributed by atoms with van der Waals surface area (Å²) in [6.45, 7) is 0.606. The highest BCUT2D eigenvalue weighted by molar-refractivity contribution is 7.80. The lowest BCUT2D eigenvalue weighted by molar-refractivity contribution is 0.119. The maximum Gasteiger partial charge on any atom is 0.0999 e. The molecule has 0 aromatic rings. The lowest BCUT2D eigenvalue weighted by atomic mass is 10.1. The fourth-order valence-electron chi connectivity index (χ4n) is 0.718. The van der Waals surface area contributed by atoms with Crippen molar-refractivity contribution >= 4 is 33.1 Å². The van der Waals surface area contributed by atoms with Gasteiger partial charge in [-0.3, -0.25) is 0 Å². The van der Waals surface area contributed by atoms with Crippen molar-refractivity contribution in [2.75, 3.05) is 12.4 Å². The largest absolute Gasteiger partial charge is 0.369 e. The van der Waals surface area contributed by atoms with Crippen LogP contribution in [0.4, 0.5) is 0 Å². The smallest absolute Gasteiger partial charge is 0.0999 e. The van der Waals surface area contributed by atoms with Crippen molar-refractivity contribution in [2.24, 2.45) is 0 Å². The van der Waals surface area contributed by atoms with E-state index in [4.69, 9.17) is 12.6 Å². The Labute approximate surface area is 81.5 Å². The Morgan fingerprint density at radius 3 is 2.64 bits per heavy atom. The molecule has 2 radical (unpaired) electrons. The quantitative estimate of drug-likeness (QED) is 0.270. The van der Waals surface area contributed by atoms with Crippen LogP contribution in [0.2, 0.25) is 6.32 Å². The van der Waals surface area contributed by atoms with E-state index in [1.54, 1.807) is 0 Å². The molecule has 1 atom stereocenters. The van der Waals surface area contributed by atoms with Crippen molar-refractivity contribution in [2.45, 2.75) is 31.0 Å². The number of unbranched alkanes of at least 4 members (excludes halogenated alkanes) is 1. The molecule has 0 heterocycles. The van der Waals surface area contributed by atoms with E-state index in [1.807, 2.05) is 0 Å². The van der Waals surface area contributed by atoms with Gasteiger partial charge in [0.15, 0.2) is 0 Å². The Bertz CT molecular complexity index is 82.8. The van der Waals surface area contributed by atoms with Gasteiger partial charge in [-0.1, -0.05) is 6.32 Å². The molecule has 0 aromatic heterocycles. The van der Waals surface area contributed by atoms with E-state index in [0.717, 1.165) is 25.0 Å². The van der Waals surface area contributed by atoms with Crippen LogP contribution in [0.5, 0.6) is 0 Å². The van der Waals surface area contributed by atoms with E-state index >= 15 is 0 Å². The molecule has 0 fully saturated rings. The summed E-state index contributed by atoms with van der Waals surface area (Å²) in [4.78, 5) is 0. The van der Waals surface area contributed by atoms with Crippen molar-refractivity contribution in [1.29, 1.82) is 0 Å². The molecule has 0 N–H and O–H groups in total. The summed E-state index contributed by atoms with van der Waals surface area (Å²) in [6, 6.07) is 0. The predicted octanol–water partition coefficient (Wildman–Crippen LogP) is 1.95. The van der Waals surface area contributed by atoms with Gasteiger partial charge in [0.05, 0.1) is 13.3 Å². The molecular formula is C7H15BOS2. The minimum absolute atomic E-state index is 0.0541. The maximum atomic E-state index is 5.26. The number of ether oxygens (including phenoxy) is 1. The first-order valence-electron chi connectivity index (χ1n) is 3.92. The normalized spacial score (nSPS) is 13.3. The molecule has 11 heavy (non-hydrogen) atoms. The highest BCUT2D eigenvalue weighted by atomic mass is 32.1. The van der Waals surface area contributed by atoms with Crippen LogP contribution in [-0.2, 0) is 4.74 Å². The second-order valence-electron chi connectivity index (χ2n) is 2.33. The molecule has 64 valence electrons. The van der Waals surface area contributed by atoms with Gasteiger partial charge in [0.2, 0.25) is 0 Å². The summed E-state index contributed by atoms with van der Waals surface area (Å²) in [5, 5.41) is 0. The number of hydrogen-bond donors (Lipinski definition) is 2. The molecule has 0 saturated heterocycles. The highest BCUT2D eigenvalue weighted by Crippen LogP contribution is 2.08. The van der Waals surface area contributed by atoms with Crippen LogP contribution in [0, 0.1) is 0 Å². The number of thiol groups is 2. The molecule has 0 aromatic carbocycles. The van der Waals surface area contributed by atoms with Gasteiger partial charge in [0, 0.05) is 6.61 Å². The van der Waals surface area contributed by atoms with E-state index in [-0.39, 0.29) is 5.44 Å². The zero-order valence-electron chi connectivity index (χ0n) is 6.70. The molecule has 4 heteroatoms. The van der Waals surface area contributed by atoms with Crippen LogP contribution in [0.3, 0.4) is 0 Å². The fourth-order valence-corrected chi connectivity index (χ4v) is 1.23. The zero-order chi connectivity index (χ0) is 8.53.